The van der Waals surface area contributed by atoms with Gasteiger partial charge in [0.1, 0.15) is 25.0 Å². The van der Waals surface area contributed by atoms with Crippen LogP contribution in [0.3, 0.4) is 0 Å². The lowest BCUT2D eigenvalue weighted by atomic mass is 10.3. The molecule has 4 nitrogen and oxygen atoms in total. The highest BCUT2D eigenvalue weighted by molar-refractivity contribution is 6.30. The van der Waals surface area contributed by atoms with E-state index >= 15 is 0 Å². The van der Waals surface area contributed by atoms with Crippen molar-refractivity contribution in [1.29, 1.82) is 0 Å². The lowest BCUT2D eigenvalue weighted by Crippen LogP contribution is -2.90. The van der Waals surface area contributed by atoms with Crippen LogP contribution in [-0.2, 0) is 4.74 Å². The molecule has 0 unspecified atom stereocenters. The highest BCUT2D eigenvalue weighted by Gasteiger charge is 2.07. The van der Waals surface area contributed by atoms with Crippen LogP contribution in [0, 0.1) is 0 Å². The quantitative estimate of drug-likeness (QED) is 0.668. The molecule has 0 bridgehead atoms. The molecule has 0 amide bonds. The molecule has 1 rings (SSSR count). The number of benzene rings is 1. The highest BCUT2D eigenvalue weighted by atomic mass is 35.5. The van der Waals surface area contributed by atoms with Crippen LogP contribution < -0.4 is 10.1 Å². The standard InChI is InChI=1S/C14H22ClNO3/c1-11(2)16-9-13(17)10-18-7-8-19-14-5-3-12(15)4-6-14/h3-6,11,13,16-17H,7-10H2,1-2H3/p+1/t13-/m0/s1. The molecule has 5 heteroatoms. The average molecular weight is 289 g/mol. The van der Waals surface area contributed by atoms with Crippen molar-refractivity contribution in [3.63, 3.8) is 0 Å². The average Bonchev–Trinajstić information content (AvgIpc) is 2.38. The topological polar surface area (TPSA) is 55.3 Å². The molecule has 0 saturated heterocycles. The second-order valence-electron chi connectivity index (χ2n) is 4.75. The summed E-state index contributed by atoms with van der Waals surface area (Å²) in [5, 5.41) is 12.4. The number of aliphatic hydroxyl groups excluding tert-OH is 1. The Morgan fingerprint density at radius 1 is 1.21 bits per heavy atom. The van der Waals surface area contributed by atoms with Crippen LogP contribution in [0.4, 0.5) is 0 Å². The first-order chi connectivity index (χ1) is 9.08. The van der Waals surface area contributed by atoms with Crippen LogP contribution in [-0.4, -0.2) is 43.6 Å². The van der Waals surface area contributed by atoms with Crippen LogP contribution in [0.1, 0.15) is 13.8 Å². The van der Waals surface area contributed by atoms with Gasteiger partial charge in [0.25, 0.3) is 0 Å². The van der Waals surface area contributed by atoms with E-state index in [1.165, 1.54) is 0 Å². The molecule has 0 radical (unpaired) electrons. The number of hydrogen-bond acceptors (Lipinski definition) is 3. The van der Waals surface area contributed by atoms with E-state index in [1.54, 1.807) is 12.1 Å². The summed E-state index contributed by atoms with van der Waals surface area (Å²) in [6.07, 6.45) is -0.432. The van der Waals surface area contributed by atoms with Gasteiger partial charge in [-0.05, 0) is 38.1 Å². The third kappa shape index (κ3) is 8.06. The van der Waals surface area contributed by atoms with Crippen LogP contribution in [0.2, 0.25) is 5.02 Å². The maximum Gasteiger partial charge on any atom is 0.126 e. The lowest BCUT2D eigenvalue weighted by Gasteiger charge is -2.12. The zero-order chi connectivity index (χ0) is 14.1. The summed E-state index contributed by atoms with van der Waals surface area (Å²) in [6, 6.07) is 7.68. The molecular formula is C14H23ClNO3+. The van der Waals surface area contributed by atoms with Gasteiger partial charge < -0.3 is 19.9 Å². The highest BCUT2D eigenvalue weighted by Crippen LogP contribution is 2.15. The minimum Gasteiger partial charge on any atom is -0.491 e. The van der Waals surface area contributed by atoms with E-state index in [9.17, 15) is 5.11 Å². The van der Waals surface area contributed by atoms with Crippen molar-refractivity contribution in [2.75, 3.05) is 26.4 Å². The SMILES string of the molecule is CC(C)[NH2+]C[C@H](O)COCCOc1ccc(Cl)cc1. The maximum atomic E-state index is 9.63. The normalized spacial score (nSPS) is 12.7. The monoisotopic (exact) mass is 288 g/mol. The summed E-state index contributed by atoms with van der Waals surface area (Å²) in [5.74, 6) is 0.765. The number of hydrogen-bond donors (Lipinski definition) is 2. The molecule has 108 valence electrons. The van der Waals surface area contributed by atoms with Crippen molar-refractivity contribution in [1.82, 2.24) is 0 Å². The second-order valence-corrected chi connectivity index (χ2v) is 5.18. The van der Waals surface area contributed by atoms with E-state index in [-0.39, 0.29) is 0 Å². The summed E-state index contributed by atoms with van der Waals surface area (Å²) in [7, 11) is 0. The Labute approximate surface area is 119 Å². The summed E-state index contributed by atoms with van der Waals surface area (Å²) in [4.78, 5) is 0. The van der Waals surface area contributed by atoms with Gasteiger partial charge in [-0.1, -0.05) is 11.6 Å². The molecule has 0 spiro atoms. The Hall–Kier alpha value is -0.810. The molecule has 1 aromatic rings. The molecule has 0 aliphatic carbocycles. The molecule has 0 heterocycles. The van der Waals surface area contributed by atoms with Gasteiger partial charge in [-0.15, -0.1) is 0 Å². The van der Waals surface area contributed by atoms with Gasteiger partial charge in [0.2, 0.25) is 0 Å². The molecule has 1 atom stereocenters. The predicted octanol–water partition coefficient (Wildman–Crippen LogP) is 1.07. The van der Waals surface area contributed by atoms with Crippen molar-refractivity contribution in [3.8, 4) is 5.75 Å². The van der Waals surface area contributed by atoms with Gasteiger partial charge in [0.05, 0.1) is 19.3 Å². The molecule has 1 aromatic carbocycles. The van der Waals surface area contributed by atoms with E-state index in [2.05, 4.69) is 19.2 Å². The van der Waals surface area contributed by atoms with Crippen LogP contribution in [0.5, 0.6) is 5.75 Å². The molecule has 0 aliphatic rings. The summed E-state index contributed by atoms with van der Waals surface area (Å²) in [5.41, 5.74) is 0. The van der Waals surface area contributed by atoms with E-state index in [0.717, 1.165) is 5.75 Å². The van der Waals surface area contributed by atoms with Crippen molar-refractivity contribution in [3.05, 3.63) is 29.3 Å². The van der Waals surface area contributed by atoms with Gasteiger partial charge in [0, 0.05) is 5.02 Å². The number of rotatable bonds is 9. The van der Waals surface area contributed by atoms with Crippen LogP contribution >= 0.6 is 11.6 Å². The van der Waals surface area contributed by atoms with Crippen molar-refractivity contribution < 1.29 is 19.9 Å². The van der Waals surface area contributed by atoms with Crippen molar-refractivity contribution >= 4 is 11.6 Å². The largest absolute Gasteiger partial charge is 0.491 e. The van der Waals surface area contributed by atoms with Crippen molar-refractivity contribution in [2.24, 2.45) is 0 Å². The molecule has 0 aliphatic heterocycles. The Kier molecular flexibility index (Phi) is 7.82. The van der Waals surface area contributed by atoms with Gasteiger partial charge in [-0.25, -0.2) is 0 Å². The molecule has 0 saturated carbocycles. The molecule has 0 fully saturated rings. The second kappa shape index (κ2) is 9.15. The first-order valence-electron chi connectivity index (χ1n) is 6.55. The third-order valence-corrected chi connectivity index (χ3v) is 2.75. The minimum atomic E-state index is -0.432. The van der Waals surface area contributed by atoms with Gasteiger partial charge in [0.15, 0.2) is 0 Å². The smallest absolute Gasteiger partial charge is 0.126 e. The van der Waals surface area contributed by atoms with E-state index in [1.807, 2.05) is 12.1 Å². The van der Waals surface area contributed by atoms with E-state index < -0.39 is 6.10 Å². The number of ether oxygens (including phenoxy) is 2. The van der Waals surface area contributed by atoms with Crippen LogP contribution in [0.25, 0.3) is 0 Å². The molecular weight excluding hydrogens is 266 g/mol. The summed E-state index contributed by atoms with van der Waals surface area (Å²) in [6.45, 7) is 6.10. The van der Waals surface area contributed by atoms with Gasteiger partial charge in [-0.3, -0.25) is 0 Å². The Morgan fingerprint density at radius 3 is 2.53 bits per heavy atom. The maximum absolute atomic E-state index is 9.63. The number of quaternary nitrogens is 1. The summed E-state index contributed by atoms with van der Waals surface area (Å²) < 4.78 is 10.8. The fraction of sp³-hybridized carbons (Fsp3) is 0.571. The van der Waals surface area contributed by atoms with Gasteiger partial charge in [-0.2, -0.15) is 0 Å². The Balaban J connectivity index is 2.03. The fourth-order valence-corrected chi connectivity index (χ4v) is 1.59. The van der Waals surface area contributed by atoms with Crippen molar-refractivity contribution in [2.45, 2.75) is 26.0 Å². The molecule has 3 N–H and O–H groups in total. The third-order valence-electron chi connectivity index (χ3n) is 2.50. The van der Waals surface area contributed by atoms with Crippen LogP contribution in [0.15, 0.2) is 24.3 Å². The first kappa shape index (κ1) is 16.2. The lowest BCUT2D eigenvalue weighted by molar-refractivity contribution is -0.688. The van der Waals surface area contributed by atoms with Gasteiger partial charge >= 0.3 is 0 Å². The zero-order valence-corrected chi connectivity index (χ0v) is 12.3. The first-order valence-corrected chi connectivity index (χ1v) is 6.93. The Morgan fingerprint density at radius 2 is 1.89 bits per heavy atom. The van der Waals surface area contributed by atoms with E-state index in [0.29, 0.717) is 37.4 Å². The fourth-order valence-electron chi connectivity index (χ4n) is 1.47. The summed E-state index contributed by atoms with van der Waals surface area (Å²) >= 11 is 5.77. The number of halogens is 1. The molecule has 0 aromatic heterocycles. The zero-order valence-electron chi connectivity index (χ0n) is 11.5. The number of nitrogens with two attached hydrogens (primary N) is 1. The predicted molar refractivity (Wildman–Crippen MR) is 75.7 cm³/mol. The molecule has 19 heavy (non-hydrogen) atoms. The minimum absolute atomic E-state index is 0.340. The Bertz CT molecular complexity index is 343. The number of aliphatic hydroxyl groups is 1. The van der Waals surface area contributed by atoms with E-state index in [4.69, 9.17) is 21.1 Å².